The molecule has 0 radical (unpaired) electrons. The summed E-state index contributed by atoms with van der Waals surface area (Å²) in [7, 11) is -7.14. The molecule has 0 atom stereocenters. The maximum Gasteiger partial charge on any atom is 0.250 e. The van der Waals surface area contributed by atoms with E-state index in [2.05, 4.69) is 40.0 Å². The van der Waals surface area contributed by atoms with E-state index in [1.165, 1.54) is 46.2 Å². The predicted octanol–water partition coefficient (Wildman–Crippen LogP) is 4.16. The van der Waals surface area contributed by atoms with Gasteiger partial charge in [0, 0.05) is 25.5 Å². The lowest BCUT2D eigenvalue weighted by molar-refractivity contribution is 0.553. The molecular weight excluding hydrogens is 705 g/mol. The highest BCUT2D eigenvalue weighted by atomic mass is 32.3. The van der Waals surface area contributed by atoms with Crippen LogP contribution < -0.4 is 20.1 Å². The van der Waals surface area contributed by atoms with Crippen LogP contribution in [0.25, 0.3) is 21.1 Å². The molecule has 0 fully saturated rings. The molecule has 0 bridgehead atoms. The van der Waals surface area contributed by atoms with Crippen molar-refractivity contribution in [1.82, 2.24) is 40.0 Å². The van der Waals surface area contributed by atoms with Crippen LogP contribution in [0.15, 0.2) is 67.5 Å². The molecule has 4 aromatic rings. The highest BCUT2D eigenvalue weighted by molar-refractivity contribution is 7.98. The van der Waals surface area contributed by atoms with Crippen molar-refractivity contribution < 1.29 is 16.8 Å². The van der Waals surface area contributed by atoms with Gasteiger partial charge >= 0.3 is 0 Å². The highest BCUT2D eigenvalue weighted by Gasteiger charge is 2.18. The molecule has 0 aliphatic carbocycles. The lowest BCUT2D eigenvalue weighted by atomic mass is 10.3. The van der Waals surface area contributed by atoms with Gasteiger partial charge in [0.25, 0.3) is 0 Å². The molecule has 0 saturated heterocycles. The fraction of sp³-hybridized carbons (Fsp3) is 0.429. The number of unbranched alkanes of at least 4 members (excludes halogenated alkanes) is 1. The number of hydrogen-bond donors (Lipinski definition) is 4. The van der Waals surface area contributed by atoms with Crippen molar-refractivity contribution in [2.24, 2.45) is 0 Å². The molecule has 0 aliphatic heterocycles. The Bertz CT molecular complexity index is 1620. The first-order valence-electron chi connectivity index (χ1n) is 14.6. The van der Waals surface area contributed by atoms with E-state index >= 15 is 0 Å². The van der Waals surface area contributed by atoms with Crippen molar-refractivity contribution in [3.05, 3.63) is 48.8 Å². The number of rotatable bonds is 21. The van der Waals surface area contributed by atoms with Crippen LogP contribution in [0, 0.1) is 0 Å². The molecule has 12 nitrogen and oxygen atoms in total. The molecule has 4 N–H and O–H groups in total. The van der Waals surface area contributed by atoms with E-state index in [1.54, 1.807) is 48.8 Å². The molecule has 0 saturated carbocycles. The van der Waals surface area contributed by atoms with Crippen molar-refractivity contribution in [2.45, 2.75) is 44.4 Å². The second-order valence-corrected chi connectivity index (χ2v) is 17.5. The molecule has 250 valence electrons. The Kier molecular flexibility index (Phi) is 14.8. The number of hydrogen-bond acceptors (Lipinski definition) is 14. The van der Waals surface area contributed by atoms with Crippen LogP contribution in [-0.2, 0) is 20.0 Å². The molecule has 18 heteroatoms. The van der Waals surface area contributed by atoms with Gasteiger partial charge in [0.15, 0.2) is 10.3 Å². The van der Waals surface area contributed by atoms with E-state index in [1.807, 2.05) is 12.5 Å². The summed E-state index contributed by atoms with van der Waals surface area (Å²) in [6, 6.07) is 10.3. The number of thioether (sulfide) groups is 2. The van der Waals surface area contributed by atoms with Crippen molar-refractivity contribution in [1.29, 1.82) is 0 Å². The van der Waals surface area contributed by atoms with E-state index in [0.29, 0.717) is 60.7 Å². The summed E-state index contributed by atoms with van der Waals surface area (Å²) in [4.78, 5) is 18.8. The summed E-state index contributed by atoms with van der Waals surface area (Å²) in [5.41, 5.74) is 1.42. The summed E-state index contributed by atoms with van der Waals surface area (Å²) in [5, 5.41) is 7.99. The van der Waals surface area contributed by atoms with Gasteiger partial charge in [-0.2, -0.15) is 0 Å². The molecule has 4 heterocycles. The molecule has 0 spiro atoms. The van der Waals surface area contributed by atoms with Gasteiger partial charge in [-0.3, -0.25) is 0 Å². The van der Waals surface area contributed by atoms with Crippen molar-refractivity contribution in [3.8, 4) is 21.1 Å². The van der Waals surface area contributed by atoms with Gasteiger partial charge in [0.2, 0.25) is 20.0 Å². The summed E-state index contributed by atoms with van der Waals surface area (Å²) >= 11 is 5.26. The molecule has 4 aromatic heterocycles. The zero-order valence-corrected chi connectivity index (χ0v) is 30.5. The zero-order chi connectivity index (χ0) is 32.8. The number of nitrogens with zero attached hydrogens (tertiary/aromatic N) is 4. The Hall–Kier alpha value is -2.00. The maximum absolute atomic E-state index is 12.7. The van der Waals surface area contributed by atoms with Gasteiger partial charge in [-0.25, -0.2) is 46.2 Å². The summed E-state index contributed by atoms with van der Waals surface area (Å²) in [5.74, 6) is 0. The monoisotopic (exact) mass is 742 g/mol. The average Bonchev–Trinajstić information content (AvgIpc) is 3.77. The van der Waals surface area contributed by atoms with Crippen molar-refractivity contribution >= 4 is 66.2 Å². The minimum Gasteiger partial charge on any atom is -0.317 e. The summed E-state index contributed by atoms with van der Waals surface area (Å²) in [6.45, 7) is 3.83. The SMILES string of the molecule is CSc1nccc(-c2ccc(S(=O)(=O)NCCCNCCCCNCCCNS(=O)(=O)c3ccc(-c4ccnc(SC)n4)s3)s2)n1. The zero-order valence-electron chi connectivity index (χ0n) is 25.6. The van der Waals surface area contributed by atoms with E-state index in [0.717, 1.165) is 35.7 Å². The maximum atomic E-state index is 12.7. The van der Waals surface area contributed by atoms with Crippen LogP contribution in [-0.4, -0.2) is 88.6 Å². The van der Waals surface area contributed by atoms with E-state index in [-0.39, 0.29) is 8.42 Å². The van der Waals surface area contributed by atoms with Gasteiger partial charge in [-0.15, -0.1) is 22.7 Å². The molecule has 4 rings (SSSR count). The normalized spacial score (nSPS) is 12.1. The number of sulfonamides is 2. The summed E-state index contributed by atoms with van der Waals surface area (Å²) in [6.07, 6.45) is 10.5. The van der Waals surface area contributed by atoms with Crippen LogP contribution >= 0.6 is 46.2 Å². The number of aromatic nitrogens is 4. The van der Waals surface area contributed by atoms with Gasteiger partial charge in [0.05, 0.1) is 21.1 Å². The van der Waals surface area contributed by atoms with Gasteiger partial charge in [0.1, 0.15) is 8.42 Å². The fourth-order valence-electron chi connectivity index (χ4n) is 4.09. The molecule has 0 unspecified atom stereocenters. The molecule has 0 aliphatic rings. The molecular formula is C28H38N8O4S6. The van der Waals surface area contributed by atoms with Crippen molar-refractivity contribution in [2.75, 3.05) is 51.8 Å². The Morgan fingerprint density at radius 1 is 0.587 bits per heavy atom. The smallest absolute Gasteiger partial charge is 0.250 e. The van der Waals surface area contributed by atoms with E-state index < -0.39 is 20.0 Å². The largest absolute Gasteiger partial charge is 0.317 e. The van der Waals surface area contributed by atoms with Crippen LogP contribution in [0.3, 0.4) is 0 Å². The third-order valence-electron chi connectivity index (χ3n) is 6.43. The molecule has 46 heavy (non-hydrogen) atoms. The van der Waals surface area contributed by atoms with Crippen molar-refractivity contribution in [3.63, 3.8) is 0 Å². The Balaban J connectivity index is 1.01. The van der Waals surface area contributed by atoms with Crippen LogP contribution in [0.1, 0.15) is 25.7 Å². The quantitative estimate of drug-likeness (QED) is 0.0548. The highest BCUT2D eigenvalue weighted by Crippen LogP contribution is 2.31. The van der Waals surface area contributed by atoms with Crippen LogP contribution in [0.2, 0.25) is 0 Å². The lowest BCUT2D eigenvalue weighted by Crippen LogP contribution is -2.28. The lowest BCUT2D eigenvalue weighted by Gasteiger charge is -2.08. The summed E-state index contributed by atoms with van der Waals surface area (Å²) < 4.78 is 56.6. The van der Waals surface area contributed by atoms with Crippen LogP contribution in [0.4, 0.5) is 0 Å². The standard InChI is InChI=1S/C28H38N8O4S6/c1-41-27-31-19-11-21(35-27)23-7-9-25(43-23)45(37,38)33-17-5-15-29-13-3-4-14-30-16-6-18-34-46(39,40)26-10-8-24(44-26)22-12-20-32-28(36-22)42-2/h7-12,19-20,29-30,33-34H,3-6,13-18H2,1-2H3. The third-order valence-corrected chi connectivity index (χ3v) is 13.7. The molecule has 0 amide bonds. The average molecular weight is 743 g/mol. The third kappa shape index (κ3) is 11.3. The van der Waals surface area contributed by atoms with E-state index in [4.69, 9.17) is 0 Å². The van der Waals surface area contributed by atoms with Gasteiger partial charge in [-0.05, 0) is 101 Å². The molecule has 0 aromatic carbocycles. The predicted molar refractivity (Wildman–Crippen MR) is 189 cm³/mol. The number of thiophene rings is 2. The van der Waals surface area contributed by atoms with E-state index in [9.17, 15) is 16.8 Å². The minimum absolute atomic E-state index is 0.269. The first kappa shape index (κ1) is 36.8. The number of nitrogens with one attached hydrogen (secondary N) is 4. The second kappa shape index (κ2) is 18.5. The first-order chi connectivity index (χ1) is 22.2. The fourth-order valence-corrected chi connectivity index (χ4v) is 9.59. The Morgan fingerprint density at radius 3 is 1.41 bits per heavy atom. The van der Waals surface area contributed by atoms with Crippen LogP contribution in [0.5, 0.6) is 0 Å². The second-order valence-electron chi connectivity index (χ2n) is 9.80. The minimum atomic E-state index is -3.57. The first-order valence-corrected chi connectivity index (χ1v) is 21.6. The Morgan fingerprint density at radius 2 is 1.00 bits per heavy atom. The Labute approximate surface area is 287 Å². The van der Waals surface area contributed by atoms with Gasteiger partial charge in [-0.1, -0.05) is 23.5 Å². The van der Waals surface area contributed by atoms with Gasteiger partial charge < -0.3 is 10.6 Å². The topological polar surface area (TPSA) is 168 Å².